The highest BCUT2D eigenvalue weighted by Crippen LogP contribution is 2.52. The van der Waals surface area contributed by atoms with Gasteiger partial charge < -0.3 is 4.90 Å². The van der Waals surface area contributed by atoms with Crippen molar-refractivity contribution >= 4 is 17.1 Å². The Morgan fingerprint density at radius 1 is 0.667 bits per heavy atom. The fourth-order valence-electron chi connectivity index (χ4n) is 7.18. The van der Waals surface area contributed by atoms with Gasteiger partial charge in [0.25, 0.3) is 0 Å². The lowest BCUT2D eigenvalue weighted by molar-refractivity contribution is -0.437. The van der Waals surface area contributed by atoms with Gasteiger partial charge in [-0.05, 0) is 49.8 Å². The van der Waals surface area contributed by atoms with Crippen LogP contribution in [-0.2, 0) is 10.8 Å². The molecule has 2 heteroatoms. The SMILES string of the molecule is CCCN1C(=CC=CC=CC=CC2=[N+](CCC)c3ccccc3C2(CC)CC)C(CC)(CC)c2ccccc21. The highest BCUT2D eigenvalue weighted by molar-refractivity contribution is 6.03. The summed E-state index contributed by atoms with van der Waals surface area (Å²) in [5, 5.41) is 0. The molecule has 2 heterocycles. The smallest absolute Gasteiger partial charge is 0.209 e. The van der Waals surface area contributed by atoms with Crippen LogP contribution in [0.1, 0.15) is 91.2 Å². The van der Waals surface area contributed by atoms with Gasteiger partial charge in [-0.2, -0.15) is 4.58 Å². The van der Waals surface area contributed by atoms with Crippen molar-refractivity contribution in [3.8, 4) is 0 Å². The Balaban J connectivity index is 1.59. The van der Waals surface area contributed by atoms with Crippen LogP contribution in [0.4, 0.5) is 11.4 Å². The number of hydrogen-bond acceptors (Lipinski definition) is 1. The van der Waals surface area contributed by atoms with Crippen LogP contribution in [0.15, 0.2) is 96.8 Å². The largest absolute Gasteiger partial charge is 0.344 e. The lowest BCUT2D eigenvalue weighted by atomic mass is 9.73. The molecule has 2 aromatic carbocycles. The Kier molecular flexibility index (Phi) is 9.49. The third-order valence-electron chi connectivity index (χ3n) is 9.24. The summed E-state index contributed by atoms with van der Waals surface area (Å²) in [4.78, 5) is 2.56. The summed E-state index contributed by atoms with van der Waals surface area (Å²) in [6.07, 6.45) is 22.5. The standard InChI is InChI=1S/C37H49N2/c1-7-28-38-32-24-20-18-22-30(32)36(9-3,10-4)34(38)26-16-14-13-15-17-27-35-37(11-5,12-6)31-23-19-21-25-33(31)39(35)29-8-2/h13-27H,7-12,28-29H2,1-6H3/q+1. The summed E-state index contributed by atoms with van der Waals surface area (Å²) in [6, 6.07) is 18.0. The highest BCUT2D eigenvalue weighted by Gasteiger charge is 2.48. The summed E-state index contributed by atoms with van der Waals surface area (Å²) in [5.41, 5.74) is 8.85. The van der Waals surface area contributed by atoms with Gasteiger partial charge in [-0.1, -0.05) is 108 Å². The molecule has 0 N–H and O–H groups in total. The first-order chi connectivity index (χ1) is 19.1. The molecule has 0 fully saturated rings. The van der Waals surface area contributed by atoms with Gasteiger partial charge in [-0.3, -0.25) is 0 Å². The van der Waals surface area contributed by atoms with Gasteiger partial charge >= 0.3 is 0 Å². The van der Waals surface area contributed by atoms with Crippen LogP contribution in [0.25, 0.3) is 0 Å². The van der Waals surface area contributed by atoms with Gasteiger partial charge in [0.2, 0.25) is 5.69 Å². The summed E-state index contributed by atoms with van der Waals surface area (Å²) in [7, 11) is 0. The van der Waals surface area contributed by atoms with Crippen molar-refractivity contribution < 1.29 is 4.58 Å². The first-order valence-corrected chi connectivity index (χ1v) is 15.4. The Morgan fingerprint density at radius 3 is 1.95 bits per heavy atom. The molecule has 2 nitrogen and oxygen atoms in total. The zero-order valence-corrected chi connectivity index (χ0v) is 25.2. The Labute approximate surface area is 238 Å². The minimum absolute atomic E-state index is 0.0974. The van der Waals surface area contributed by atoms with Crippen LogP contribution in [0.3, 0.4) is 0 Å². The second-order valence-corrected chi connectivity index (χ2v) is 11.0. The topological polar surface area (TPSA) is 6.25 Å². The van der Waals surface area contributed by atoms with E-state index in [1.165, 1.54) is 33.9 Å². The highest BCUT2D eigenvalue weighted by atomic mass is 15.2. The number of nitrogens with zero attached hydrogens (tertiary/aromatic N) is 2. The zero-order chi connectivity index (χ0) is 27.9. The van der Waals surface area contributed by atoms with Crippen LogP contribution in [0.5, 0.6) is 0 Å². The molecule has 0 unspecified atom stereocenters. The molecule has 0 bridgehead atoms. The number of benzene rings is 2. The van der Waals surface area contributed by atoms with E-state index in [0.29, 0.717) is 0 Å². The first kappa shape index (κ1) is 28.9. The molecule has 0 atom stereocenters. The number of anilines is 1. The average Bonchev–Trinajstić information content (AvgIpc) is 3.40. The van der Waals surface area contributed by atoms with Crippen LogP contribution in [0.2, 0.25) is 0 Å². The minimum Gasteiger partial charge on any atom is -0.344 e. The lowest BCUT2D eigenvalue weighted by Crippen LogP contribution is -2.33. The van der Waals surface area contributed by atoms with Crippen molar-refractivity contribution in [1.82, 2.24) is 0 Å². The third kappa shape index (κ3) is 4.99. The second-order valence-electron chi connectivity index (χ2n) is 11.0. The van der Waals surface area contributed by atoms with Crippen molar-refractivity contribution in [1.29, 1.82) is 0 Å². The summed E-state index contributed by atoms with van der Waals surface area (Å²) in [5.74, 6) is 0. The third-order valence-corrected chi connectivity index (χ3v) is 9.24. The number of hydrogen-bond donors (Lipinski definition) is 0. The number of para-hydroxylation sites is 2. The van der Waals surface area contributed by atoms with E-state index >= 15 is 0 Å². The minimum atomic E-state index is 0.0974. The molecule has 0 amide bonds. The van der Waals surface area contributed by atoms with Crippen molar-refractivity contribution in [2.24, 2.45) is 0 Å². The Hall–Kier alpha value is -3.13. The summed E-state index contributed by atoms with van der Waals surface area (Å²) >= 11 is 0. The summed E-state index contributed by atoms with van der Waals surface area (Å²) < 4.78 is 2.56. The normalized spacial score (nSPS) is 18.8. The molecule has 2 aromatic rings. The summed E-state index contributed by atoms with van der Waals surface area (Å²) in [6.45, 7) is 16.0. The molecule has 0 aliphatic carbocycles. The maximum absolute atomic E-state index is 2.56. The van der Waals surface area contributed by atoms with E-state index in [9.17, 15) is 0 Å². The van der Waals surface area contributed by atoms with E-state index in [1.54, 1.807) is 0 Å². The molecule has 2 aliphatic rings. The average molecular weight is 522 g/mol. The predicted octanol–water partition coefficient (Wildman–Crippen LogP) is 9.79. The van der Waals surface area contributed by atoms with Crippen molar-refractivity contribution in [3.05, 3.63) is 108 Å². The van der Waals surface area contributed by atoms with Gasteiger partial charge in [0.05, 0.1) is 5.41 Å². The molecule has 4 rings (SSSR count). The van der Waals surface area contributed by atoms with Gasteiger partial charge in [0, 0.05) is 47.5 Å². The molecule has 206 valence electrons. The molecule has 0 spiro atoms. The molecule has 0 aromatic heterocycles. The molecule has 2 aliphatic heterocycles. The van der Waals surface area contributed by atoms with Crippen molar-refractivity contribution in [2.45, 2.75) is 90.9 Å². The second kappa shape index (κ2) is 12.8. The van der Waals surface area contributed by atoms with E-state index in [0.717, 1.165) is 51.6 Å². The van der Waals surface area contributed by atoms with E-state index in [1.807, 2.05) is 0 Å². The number of fused-ring (bicyclic) bond motifs is 2. The quantitative estimate of drug-likeness (QED) is 0.199. The van der Waals surface area contributed by atoms with Crippen molar-refractivity contribution in [2.75, 3.05) is 18.0 Å². The van der Waals surface area contributed by atoms with Crippen LogP contribution in [-0.4, -0.2) is 23.4 Å². The van der Waals surface area contributed by atoms with E-state index in [2.05, 4.69) is 142 Å². The van der Waals surface area contributed by atoms with Crippen LogP contribution >= 0.6 is 0 Å². The van der Waals surface area contributed by atoms with E-state index in [-0.39, 0.29) is 10.8 Å². The van der Waals surface area contributed by atoms with Gasteiger partial charge in [0.1, 0.15) is 6.54 Å². The molecule has 0 radical (unpaired) electrons. The van der Waals surface area contributed by atoms with Crippen LogP contribution < -0.4 is 4.90 Å². The fraction of sp³-hybridized carbons (Fsp3) is 0.432. The first-order valence-electron chi connectivity index (χ1n) is 15.4. The van der Waals surface area contributed by atoms with Gasteiger partial charge in [-0.15, -0.1) is 0 Å². The number of allylic oxidation sites excluding steroid dienone is 8. The number of rotatable bonds is 12. The van der Waals surface area contributed by atoms with E-state index < -0.39 is 0 Å². The molecule has 0 saturated heterocycles. The van der Waals surface area contributed by atoms with Crippen molar-refractivity contribution in [3.63, 3.8) is 0 Å². The van der Waals surface area contributed by atoms with Gasteiger partial charge in [0.15, 0.2) is 5.71 Å². The zero-order valence-electron chi connectivity index (χ0n) is 25.2. The maximum Gasteiger partial charge on any atom is 0.209 e. The predicted molar refractivity (Wildman–Crippen MR) is 171 cm³/mol. The molecule has 0 saturated carbocycles. The monoisotopic (exact) mass is 521 g/mol. The Bertz CT molecular complexity index is 1280. The van der Waals surface area contributed by atoms with E-state index in [4.69, 9.17) is 0 Å². The fourth-order valence-corrected chi connectivity index (χ4v) is 7.18. The van der Waals surface area contributed by atoms with Crippen LogP contribution in [0, 0.1) is 0 Å². The molecule has 39 heavy (non-hydrogen) atoms. The molecular weight excluding hydrogens is 472 g/mol. The molecular formula is C37H49N2+. The van der Waals surface area contributed by atoms with Gasteiger partial charge in [-0.25, -0.2) is 0 Å². The lowest BCUT2D eigenvalue weighted by Gasteiger charge is -2.32. The Morgan fingerprint density at radius 2 is 1.28 bits per heavy atom. The maximum atomic E-state index is 2.56.